The number of nitrogens with zero attached hydrogens (tertiary/aromatic N) is 2. The van der Waals surface area contributed by atoms with Crippen molar-refractivity contribution in [3.8, 4) is 11.5 Å². The van der Waals surface area contributed by atoms with Crippen molar-refractivity contribution in [2.45, 2.75) is 31.6 Å². The van der Waals surface area contributed by atoms with Gasteiger partial charge in [-0.1, -0.05) is 30.3 Å². The van der Waals surface area contributed by atoms with Gasteiger partial charge in [0.25, 0.3) is 5.91 Å². The number of hydrogen-bond donors (Lipinski definition) is 1. The number of para-hydroxylation sites is 1. The van der Waals surface area contributed by atoms with Crippen LogP contribution in [0, 0.1) is 0 Å². The third-order valence-electron chi connectivity index (χ3n) is 6.86. The topological polar surface area (TPSA) is 80.7 Å². The van der Waals surface area contributed by atoms with Crippen molar-refractivity contribution in [2.24, 2.45) is 0 Å². The van der Waals surface area contributed by atoms with Gasteiger partial charge in [0.2, 0.25) is 5.91 Å². The number of ether oxygens (including phenoxy) is 4. The van der Waals surface area contributed by atoms with Crippen LogP contribution in [0.15, 0.2) is 36.4 Å². The third kappa shape index (κ3) is 5.62. The molecule has 0 spiro atoms. The Morgan fingerprint density at radius 2 is 1.71 bits per heavy atom. The van der Waals surface area contributed by atoms with Crippen LogP contribution in [0.1, 0.15) is 28.7 Å². The Hall–Kier alpha value is -2.65. The van der Waals surface area contributed by atoms with Gasteiger partial charge < -0.3 is 29.0 Å². The van der Waals surface area contributed by atoms with Crippen LogP contribution in [0.25, 0.3) is 0 Å². The van der Waals surface area contributed by atoms with Crippen LogP contribution in [0.4, 0.5) is 0 Å². The van der Waals surface area contributed by atoms with Gasteiger partial charge in [0.15, 0.2) is 11.5 Å². The molecule has 2 aromatic rings. The molecule has 192 valence electrons. The summed E-state index contributed by atoms with van der Waals surface area (Å²) in [5, 5.41) is 9.52. The van der Waals surface area contributed by atoms with Gasteiger partial charge in [0, 0.05) is 39.4 Å². The molecule has 0 radical (unpaired) electrons. The molecule has 3 rings (SSSR count). The number of fused-ring (bicyclic) bond motifs is 1. The first-order chi connectivity index (χ1) is 16.9. The van der Waals surface area contributed by atoms with Crippen LogP contribution < -0.4 is 9.47 Å². The Kier molecular flexibility index (Phi) is 9.51. The van der Waals surface area contributed by atoms with E-state index in [0.29, 0.717) is 44.0 Å². The number of carbonyl (C=O) groups excluding carboxylic acids is 1. The number of rotatable bonds is 14. The van der Waals surface area contributed by atoms with Crippen molar-refractivity contribution in [2.75, 3.05) is 61.7 Å². The molecular formula is C27H38N2O6. The smallest absolute Gasteiger partial charge is 0.257 e. The largest absolute Gasteiger partial charge is 0.493 e. The van der Waals surface area contributed by atoms with Crippen LogP contribution >= 0.6 is 0 Å². The second kappa shape index (κ2) is 12.4. The van der Waals surface area contributed by atoms with E-state index in [9.17, 15) is 9.90 Å². The first-order valence-electron chi connectivity index (χ1n) is 12.0. The van der Waals surface area contributed by atoms with Crippen molar-refractivity contribution < 1.29 is 28.8 Å². The molecule has 1 aliphatic rings. The summed E-state index contributed by atoms with van der Waals surface area (Å²) >= 11 is 0. The van der Waals surface area contributed by atoms with Gasteiger partial charge in [-0.25, -0.2) is 0 Å². The van der Waals surface area contributed by atoms with E-state index >= 15 is 0 Å². The average molecular weight is 487 g/mol. The molecule has 2 aromatic carbocycles. The minimum Gasteiger partial charge on any atom is -0.493 e. The number of aryl methyl sites for hydroxylation is 1. The molecule has 0 fully saturated rings. The predicted octanol–water partition coefficient (Wildman–Crippen LogP) is 2.59. The molecule has 1 amide bonds. The van der Waals surface area contributed by atoms with Gasteiger partial charge in [-0.3, -0.25) is 9.69 Å². The number of amides is 1. The standard InChI is InChI=1S/C27H38N2O6/c1-28(27(34-4,35-5)23-11-6-9-20-13-14-22(20)23)16-8-17-29(25(31)19-30)18-15-21-10-7-12-24(32-2)26(21)33-3/h6-7,9-12,30H,8,13-19H2,1-5H3. The molecule has 0 heterocycles. The maximum atomic E-state index is 12.5. The van der Waals surface area contributed by atoms with Gasteiger partial charge in [-0.15, -0.1) is 0 Å². The van der Waals surface area contributed by atoms with E-state index in [1.54, 1.807) is 33.3 Å². The highest BCUT2D eigenvalue weighted by molar-refractivity contribution is 5.77. The van der Waals surface area contributed by atoms with Crippen LogP contribution in [0.3, 0.4) is 0 Å². The fourth-order valence-electron chi connectivity index (χ4n) is 4.88. The molecule has 0 aliphatic heterocycles. The predicted molar refractivity (Wildman–Crippen MR) is 134 cm³/mol. The zero-order chi connectivity index (χ0) is 25.4. The highest BCUT2D eigenvalue weighted by Crippen LogP contribution is 2.37. The van der Waals surface area contributed by atoms with Crippen LogP contribution in [-0.4, -0.2) is 82.5 Å². The number of hydrogen-bond acceptors (Lipinski definition) is 7. The normalized spacial score (nSPS) is 12.8. The fraction of sp³-hybridized carbons (Fsp3) is 0.519. The van der Waals surface area contributed by atoms with Crippen LogP contribution in [-0.2, 0) is 39.4 Å². The highest BCUT2D eigenvalue weighted by atomic mass is 16.7. The van der Waals surface area contributed by atoms with Gasteiger partial charge in [0.1, 0.15) is 6.61 Å². The number of aliphatic hydroxyl groups is 1. The molecule has 0 unspecified atom stereocenters. The summed E-state index contributed by atoms with van der Waals surface area (Å²) < 4.78 is 22.8. The SMILES string of the molecule is COc1cccc(CCN(CCCN(C)C(OC)(OC)c2cccc3c2CC3)C(=O)CO)c1OC. The van der Waals surface area contributed by atoms with E-state index in [1.807, 2.05) is 36.2 Å². The van der Waals surface area contributed by atoms with E-state index in [-0.39, 0.29) is 5.91 Å². The number of methoxy groups -OCH3 is 4. The van der Waals surface area contributed by atoms with E-state index < -0.39 is 12.5 Å². The molecule has 0 saturated carbocycles. The molecule has 0 atom stereocenters. The van der Waals surface area contributed by atoms with Crippen LogP contribution in [0.5, 0.6) is 11.5 Å². The summed E-state index contributed by atoms with van der Waals surface area (Å²) in [5.41, 5.74) is 4.59. The Labute approximate surface area is 208 Å². The molecule has 1 aliphatic carbocycles. The fourth-order valence-corrected chi connectivity index (χ4v) is 4.88. The summed E-state index contributed by atoms with van der Waals surface area (Å²) in [6, 6.07) is 11.9. The van der Waals surface area contributed by atoms with Crippen LogP contribution in [0.2, 0.25) is 0 Å². The van der Waals surface area contributed by atoms with Gasteiger partial charge >= 0.3 is 0 Å². The Balaban J connectivity index is 1.66. The summed E-state index contributed by atoms with van der Waals surface area (Å²) in [6.07, 6.45) is 3.35. The third-order valence-corrected chi connectivity index (χ3v) is 6.86. The summed E-state index contributed by atoms with van der Waals surface area (Å²) in [6.45, 7) is 1.05. The van der Waals surface area contributed by atoms with Crippen molar-refractivity contribution >= 4 is 5.91 Å². The Morgan fingerprint density at radius 3 is 2.31 bits per heavy atom. The van der Waals surface area contributed by atoms with Crippen molar-refractivity contribution in [1.29, 1.82) is 0 Å². The second-order valence-electron chi connectivity index (χ2n) is 8.65. The van der Waals surface area contributed by atoms with Gasteiger partial charge in [-0.2, -0.15) is 0 Å². The first kappa shape index (κ1) is 26.9. The average Bonchev–Trinajstić information content (AvgIpc) is 2.87. The van der Waals surface area contributed by atoms with E-state index in [0.717, 1.165) is 24.0 Å². The van der Waals surface area contributed by atoms with Gasteiger partial charge in [0.05, 0.1) is 14.2 Å². The first-order valence-corrected chi connectivity index (χ1v) is 12.0. The molecule has 35 heavy (non-hydrogen) atoms. The molecule has 8 nitrogen and oxygen atoms in total. The molecular weight excluding hydrogens is 448 g/mol. The monoisotopic (exact) mass is 486 g/mol. The van der Waals surface area contributed by atoms with E-state index in [1.165, 1.54) is 11.1 Å². The van der Waals surface area contributed by atoms with Crippen molar-refractivity contribution in [3.05, 3.63) is 58.7 Å². The van der Waals surface area contributed by atoms with Gasteiger partial charge in [-0.05, 0) is 55.5 Å². The van der Waals surface area contributed by atoms with E-state index in [4.69, 9.17) is 18.9 Å². The molecule has 0 bridgehead atoms. The molecule has 0 saturated heterocycles. The molecule has 0 aromatic heterocycles. The van der Waals surface area contributed by atoms with Crippen molar-refractivity contribution in [3.63, 3.8) is 0 Å². The zero-order valence-electron chi connectivity index (χ0n) is 21.5. The number of carbonyl (C=O) groups is 1. The Morgan fingerprint density at radius 1 is 0.971 bits per heavy atom. The highest BCUT2D eigenvalue weighted by Gasteiger charge is 2.40. The lowest BCUT2D eigenvalue weighted by molar-refractivity contribution is -0.301. The quantitative estimate of drug-likeness (QED) is 0.411. The number of aliphatic hydroxyl groups excluding tert-OH is 1. The lowest BCUT2D eigenvalue weighted by Crippen LogP contribution is -2.49. The second-order valence-corrected chi connectivity index (χ2v) is 8.65. The number of benzene rings is 2. The zero-order valence-corrected chi connectivity index (χ0v) is 21.5. The van der Waals surface area contributed by atoms with Crippen molar-refractivity contribution in [1.82, 2.24) is 9.80 Å². The molecule has 1 N–H and O–H groups in total. The maximum Gasteiger partial charge on any atom is 0.257 e. The lowest BCUT2D eigenvalue weighted by Gasteiger charge is -2.42. The van der Waals surface area contributed by atoms with E-state index in [2.05, 4.69) is 12.1 Å². The summed E-state index contributed by atoms with van der Waals surface area (Å²) in [4.78, 5) is 16.2. The maximum absolute atomic E-state index is 12.5. The molecule has 8 heteroatoms. The summed E-state index contributed by atoms with van der Waals surface area (Å²) in [5.74, 6) is 0.0175. The lowest BCUT2D eigenvalue weighted by atomic mass is 9.83. The minimum absolute atomic E-state index is 0.302. The Bertz CT molecular complexity index is 992. The summed E-state index contributed by atoms with van der Waals surface area (Å²) in [7, 11) is 8.47. The minimum atomic E-state index is -0.995.